The Bertz CT molecular complexity index is 57.1. The van der Waals surface area contributed by atoms with Gasteiger partial charge in [0.15, 0.2) is 0 Å². The fourth-order valence-electron chi connectivity index (χ4n) is 0.959. The highest BCUT2D eigenvalue weighted by molar-refractivity contribution is 6.20. The summed E-state index contributed by atoms with van der Waals surface area (Å²) in [6.07, 6.45) is 3.25. The van der Waals surface area contributed by atoms with Crippen molar-refractivity contribution in [3.63, 3.8) is 0 Å². The Morgan fingerprint density at radius 1 is 1.43 bits per heavy atom. The predicted molar refractivity (Wildman–Crippen MR) is 31.5 cm³/mol. The van der Waals surface area contributed by atoms with E-state index >= 15 is 0 Å². The maximum Gasteiger partial charge on any atom is 0.0351 e. The van der Waals surface area contributed by atoms with Crippen LogP contribution in [0, 0.1) is 0 Å². The molecule has 0 saturated heterocycles. The zero-order valence-electron chi connectivity index (χ0n) is 4.23. The molecule has 2 atom stereocenters. The molecular weight excluding hydrogens is 110 g/mol. The summed E-state index contributed by atoms with van der Waals surface area (Å²) in [4.78, 5) is 0. The van der Waals surface area contributed by atoms with Crippen molar-refractivity contribution in [1.82, 2.24) is 0 Å². The van der Waals surface area contributed by atoms with Gasteiger partial charge in [-0.15, -0.1) is 11.6 Å². The van der Waals surface area contributed by atoms with Crippen molar-refractivity contribution in [2.75, 3.05) is 0 Å². The van der Waals surface area contributed by atoms with E-state index in [4.69, 9.17) is 17.3 Å². The monoisotopic (exact) mass is 119 g/mol. The lowest BCUT2D eigenvalue weighted by molar-refractivity contribution is 0.705. The van der Waals surface area contributed by atoms with Gasteiger partial charge in [0.05, 0.1) is 0 Å². The number of hydrogen-bond donors (Lipinski definition) is 1. The lowest BCUT2D eigenvalue weighted by atomic mass is 10.3. The minimum atomic E-state index is 0.370. The molecule has 0 aromatic rings. The third-order valence-corrected chi connectivity index (χ3v) is 1.81. The Morgan fingerprint density at radius 2 is 2.14 bits per heavy atom. The molecule has 0 radical (unpaired) electrons. The average molecular weight is 120 g/mol. The average Bonchev–Trinajstić information content (AvgIpc) is 1.87. The van der Waals surface area contributed by atoms with E-state index in [9.17, 15) is 0 Å². The van der Waals surface area contributed by atoms with Crippen molar-refractivity contribution in [2.24, 2.45) is 5.73 Å². The quantitative estimate of drug-likeness (QED) is 0.475. The predicted octanol–water partition coefficient (Wildman–Crippen LogP) is 1.10. The van der Waals surface area contributed by atoms with Gasteiger partial charge in [-0.1, -0.05) is 0 Å². The van der Waals surface area contributed by atoms with Gasteiger partial charge in [-0.05, 0) is 19.3 Å². The SMILES string of the molecule is N[C@H]1CC[C@H](Cl)C1. The Morgan fingerprint density at radius 3 is 2.29 bits per heavy atom. The Hall–Kier alpha value is 0.250. The van der Waals surface area contributed by atoms with Gasteiger partial charge >= 0.3 is 0 Å². The smallest absolute Gasteiger partial charge is 0.0351 e. The Labute approximate surface area is 48.8 Å². The molecule has 1 fully saturated rings. The lowest BCUT2D eigenvalue weighted by Crippen LogP contribution is -2.14. The molecule has 0 spiro atoms. The summed E-state index contributed by atoms with van der Waals surface area (Å²) < 4.78 is 0. The number of alkyl halides is 1. The highest BCUT2D eigenvalue weighted by Gasteiger charge is 2.18. The fourth-order valence-corrected chi connectivity index (χ4v) is 1.31. The van der Waals surface area contributed by atoms with Crippen LogP contribution in [0.25, 0.3) is 0 Å². The van der Waals surface area contributed by atoms with Crippen molar-refractivity contribution in [2.45, 2.75) is 30.7 Å². The van der Waals surface area contributed by atoms with Gasteiger partial charge in [0, 0.05) is 11.4 Å². The molecule has 0 bridgehead atoms. The van der Waals surface area contributed by atoms with Gasteiger partial charge in [-0.3, -0.25) is 0 Å². The fraction of sp³-hybridized carbons (Fsp3) is 1.00. The summed E-state index contributed by atoms with van der Waals surface area (Å²) in [7, 11) is 0. The van der Waals surface area contributed by atoms with Gasteiger partial charge in [0.2, 0.25) is 0 Å². The maximum absolute atomic E-state index is 5.73. The van der Waals surface area contributed by atoms with E-state index in [1.54, 1.807) is 0 Å². The molecule has 1 saturated carbocycles. The minimum absolute atomic E-state index is 0.370. The van der Waals surface area contributed by atoms with Crippen LogP contribution in [0.3, 0.4) is 0 Å². The highest BCUT2D eigenvalue weighted by atomic mass is 35.5. The first-order valence-corrected chi connectivity index (χ1v) is 3.12. The van der Waals surface area contributed by atoms with E-state index in [1.807, 2.05) is 0 Å². The molecule has 42 valence electrons. The Kier molecular flexibility index (Phi) is 1.55. The van der Waals surface area contributed by atoms with Crippen LogP contribution in [0.1, 0.15) is 19.3 Å². The molecule has 0 heterocycles. The summed E-state index contributed by atoms with van der Waals surface area (Å²) in [6.45, 7) is 0. The molecular formula is C5H10ClN. The van der Waals surface area contributed by atoms with Crippen LogP contribution < -0.4 is 5.73 Å². The molecule has 0 aliphatic heterocycles. The first kappa shape index (κ1) is 5.39. The normalized spacial score (nSPS) is 42.0. The van der Waals surface area contributed by atoms with Crippen molar-refractivity contribution in [1.29, 1.82) is 0 Å². The molecule has 7 heavy (non-hydrogen) atoms. The van der Waals surface area contributed by atoms with Crippen molar-refractivity contribution in [3.05, 3.63) is 0 Å². The van der Waals surface area contributed by atoms with Crippen LogP contribution >= 0.6 is 11.6 Å². The largest absolute Gasteiger partial charge is 0.328 e. The van der Waals surface area contributed by atoms with Crippen LogP contribution in [-0.4, -0.2) is 11.4 Å². The molecule has 0 aromatic carbocycles. The van der Waals surface area contributed by atoms with E-state index in [-0.39, 0.29) is 0 Å². The van der Waals surface area contributed by atoms with Gasteiger partial charge in [0.25, 0.3) is 0 Å². The first-order chi connectivity index (χ1) is 3.29. The van der Waals surface area contributed by atoms with Gasteiger partial charge < -0.3 is 5.73 Å². The minimum Gasteiger partial charge on any atom is -0.328 e. The summed E-state index contributed by atoms with van der Waals surface area (Å²) in [5, 5.41) is 0.370. The molecule has 0 aromatic heterocycles. The summed E-state index contributed by atoms with van der Waals surface area (Å²) in [5.41, 5.74) is 5.54. The van der Waals surface area contributed by atoms with E-state index in [2.05, 4.69) is 0 Å². The second-order valence-electron chi connectivity index (χ2n) is 2.17. The summed E-state index contributed by atoms with van der Waals surface area (Å²) >= 11 is 5.73. The summed E-state index contributed by atoms with van der Waals surface area (Å²) in [6, 6.07) is 0.391. The van der Waals surface area contributed by atoms with Crippen LogP contribution in [-0.2, 0) is 0 Å². The van der Waals surface area contributed by atoms with Crippen LogP contribution in [0.5, 0.6) is 0 Å². The van der Waals surface area contributed by atoms with Crippen molar-refractivity contribution in [3.8, 4) is 0 Å². The van der Waals surface area contributed by atoms with Crippen LogP contribution in [0.4, 0.5) is 0 Å². The van der Waals surface area contributed by atoms with Gasteiger partial charge in [-0.2, -0.15) is 0 Å². The molecule has 1 aliphatic carbocycles. The van der Waals surface area contributed by atoms with Crippen molar-refractivity contribution >= 4 is 11.6 Å². The number of halogens is 1. The highest BCUT2D eigenvalue weighted by Crippen LogP contribution is 2.21. The van der Waals surface area contributed by atoms with Gasteiger partial charge in [-0.25, -0.2) is 0 Å². The zero-order valence-corrected chi connectivity index (χ0v) is 4.99. The topological polar surface area (TPSA) is 26.0 Å². The number of hydrogen-bond acceptors (Lipinski definition) is 1. The molecule has 1 nitrogen and oxygen atoms in total. The van der Waals surface area contributed by atoms with Crippen LogP contribution in [0.2, 0.25) is 0 Å². The zero-order chi connectivity index (χ0) is 5.28. The van der Waals surface area contributed by atoms with E-state index in [1.165, 1.54) is 0 Å². The number of rotatable bonds is 0. The molecule has 0 unspecified atom stereocenters. The molecule has 1 rings (SSSR count). The maximum atomic E-state index is 5.73. The third kappa shape index (κ3) is 1.32. The first-order valence-electron chi connectivity index (χ1n) is 2.68. The van der Waals surface area contributed by atoms with Crippen molar-refractivity contribution < 1.29 is 0 Å². The molecule has 2 heteroatoms. The number of nitrogens with two attached hydrogens (primary N) is 1. The molecule has 1 aliphatic rings. The standard InChI is InChI=1S/C5H10ClN/c6-4-1-2-5(7)3-4/h4-5H,1-3,7H2/t4-,5-/m0/s1. The van der Waals surface area contributed by atoms with Gasteiger partial charge in [0.1, 0.15) is 0 Å². The van der Waals surface area contributed by atoms with E-state index in [0.29, 0.717) is 11.4 Å². The lowest BCUT2D eigenvalue weighted by Gasteiger charge is -1.95. The second kappa shape index (κ2) is 2.01. The second-order valence-corrected chi connectivity index (χ2v) is 2.79. The van der Waals surface area contributed by atoms with Crippen LogP contribution in [0.15, 0.2) is 0 Å². The molecule has 2 N–H and O–H groups in total. The third-order valence-electron chi connectivity index (χ3n) is 1.41. The summed E-state index contributed by atoms with van der Waals surface area (Å²) in [5.74, 6) is 0. The van der Waals surface area contributed by atoms with E-state index in [0.717, 1.165) is 19.3 Å². The van der Waals surface area contributed by atoms with E-state index < -0.39 is 0 Å². The Balaban J connectivity index is 2.26. The molecule has 0 amide bonds.